The minimum atomic E-state index is -3.63. The van der Waals surface area contributed by atoms with Gasteiger partial charge in [-0.1, -0.05) is 12.1 Å². The number of sulfonamides is 1. The minimum absolute atomic E-state index is 0.101. The zero-order valence-corrected chi connectivity index (χ0v) is 18.4. The van der Waals surface area contributed by atoms with Gasteiger partial charge in [0.15, 0.2) is 0 Å². The van der Waals surface area contributed by atoms with Crippen LogP contribution in [0.15, 0.2) is 47.4 Å². The summed E-state index contributed by atoms with van der Waals surface area (Å²) < 4.78 is 38.0. The van der Waals surface area contributed by atoms with Gasteiger partial charge in [0.2, 0.25) is 10.0 Å². The highest BCUT2D eigenvalue weighted by molar-refractivity contribution is 7.89. The number of ether oxygens (including phenoxy) is 2. The first-order valence-corrected chi connectivity index (χ1v) is 11.5. The van der Waals surface area contributed by atoms with Crippen LogP contribution in [0.25, 0.3) is 0 Å². The van der Waals surface area contributed by atoms with Crippen LogP contribution in [0.3, 0.4) is 0 Å². The van der Waals surface area contributed by atoms with Gasteiger partial charge in [-0.2, -0.15) is 4.31 Å². The van der Waals surface area contributed by atoms with Crippen molar-refractivity contribution in [2.45, 2.75) is 37.6 Å². The van der Waals surface area contributed by atoms with E-state index in [-0.39, 0.29) is 16.5 Å². The number of nitrogens with zero attached hydrogens (tertiary/aromatic N) is 1. The van der Waals surface area contributed by atoms with Gasteiger partial charge in [-0.25, -0.2) is 8.42 Å². The minimum Gasteiger partial charge on any atom is -0.496 e. The Balaban J connectivity index is 1.81. The summed E-state index contributed by atoms with van der Waals surface area (Å²) in [6, 6.07) is 11.6. The molecule has 8 heteroatoms. The van der Waals surface area contributed by atoms with Crippen molar-refractivity contribution < 1.29 is 22.7 Å². The molecule has 1 atom stereocenters. The molecule has 162 valence electrons. The van der Waals surface area contributed by atoms with E-state index in [4.69, 9.17) is 9.47 Å². The van der Waals surface area contributed by atoms with E-state index in [1.165, 1.54) is 29.6 Å². The Morgan fingerprint density at radius 1 is 1.13 bits per heavy atom. The molecule has 2 aromatic rings. The summed E-state index contributed by atoms with van der Waals surface area (Å²) in [6.45, 7) is 5.38. The maximum Gasteiger partial charge on any atom is 0.255 e. The highest BCUT2D eigenvalue weighted by Crippen LogP contribution is 2.27. The average molecular weight is 433 g/mol. The van der Waals surface area contributed by atoms with E-state index in [0.29, 0.717) is 25.4 Å². The van der Waals surface area contributed by atoms with E-state index in [1.807, 2.05) is 38.1 Å². The highest BCUT2D eigenvalue weighted by Gasteiger charge is 2.29. The molecule has 0 unspecified atom stereocenters. The Labute approximate surface area is 178 Å². The van der Waals surface area contributed by atoms with Crippen LogP contribution in [0.5, 0.6) is 11.5 Å². The molecule has 0 bridgehead atoms. The molecule has 1 saturated heterocycles. The van der Waals surface area contributed by atoms with E-state index in [1.54, 1.807) is 0 Å². The number of carbonyl (C=O) groups is 1. The zero-order chi connectivity index (χ0) is 21.7. The van der Waals surface area contributed by atoms with E-state index in [9.17, 15) is 13.2 Å². The lowest BCUT2D eigenvalue weighted by Crippen LogP contribution is -2.29. The average Bonchev–Trinajstić information content (AvgIpc) is 3.30. The van der Waals surface area contributed by atoms with Crippen molar-refractivity contribution in [1.82, 2.24) is 9.62 Å². The summed E-state index contributed by atoms with van der Waals surface area (Å²) in [6.07, 6.45) is 1.70. The molecule has 1 amide bonds. The number of amides is 1. The first kappa shape index (κ1) is 22.1. The van der Waals surface area contributed by atoms with Crippen molar-refractivity contribution in [1.29, 1.82) is 0 Å². The van der Waals surface area contributed by atoms with Gasteiger partial charge >= 0.3 is 0 Å². The number of carbonyl (C=O) groups excluding carboxylic acids is 1. The van der Waals surface area contributed by atoms with Crippen LogP contribution in [0, 0.1) is 0 Å². The fourth-order valence-electron chi connectivity index (χ4n) is 3.48. The van der Waals surface area contributed by atoms with Crippen molar-refractivity contribution in [3.63, 3.8) is 0 Å². The molecule has 1 heterocycles. The number of hydrogen-bond acceptors (Lipinski definition) is 5. The third-order valence-electron chi connectivity index (χ3n) is 5.16. The van der Waals surface area contributed by atoms with Gasteiger partial charge in [0, 0.05) is 13.1 Å². The van der Waals surface area contributed by atoms with Crippen LogP contribution in [0.1, 0.15) is 48.7 Å². The van der Waals surface area contributed by atoms with Crippen LogP contribution >= 0.6 is 0 Å². The molecule has 0 aliphatic carbocycles. The molecule has 0 spiro atoms. The second-order valence-corrected chi connectivity index (χ2v) is 9.11. The van der Waals surface area contributed by atoms with E-state index in [0.717, 1.165) is 24.2 Å². The van der Waals surface area contributed by atoms with Crippen molar-refractivity contribution in [3.05, 3.63) is 53.6 Å². The largest absolute Gasteiger partial charge is 0.496 e. The number of benzene rings is 2. The first-order valence-electron chi connectivity index (χ1n) is 10.1. The van der Waals surface area contributed by atoms with E-state index < -0.39 is 15.9 Å². The maximum absolute atomic E-state index is 13.0. The van der Waals surface area contributed by atoms with E-state index in [2.05, 4.69) is 5.32 Å². The molecule has 0 saturated carbocycles. The Bertz CT molecular complexity index is 983. The standard InChI is InChI=1S/C22H28N2O5S/c1-4-29-18-9-7-17(8-10-18)16(2)23-22(25)20-15-19(11-12-21(20)28-3)30(26,27)24-13-5-6-14-24/h7-12,15-16H,4-6,13-14H2,1-3H3,(H,23,25)/t16-/m1/s1. The third kappa shape index (κ3) is 4.76. The lowest BCUT2D eigenvalue weighted by molar-refractivity contribution is 0.0936. The number of hydrogen-bond donors (Lipinski definition) is 1. The lowest BCUT2D eigenvalue weighted by Gasteiger charge is -2.19. The van der Waals surface area contributed by atoms with Gasteiger partial charge in [0.25, 0.3) is 5.91 Å². The summed E-state index contributed by atoms with van der Waals surface area (Å²) in [5, 5.41) is 2.92. The van der Waals surface area contributed by atoms with Crippen molar-refractivity contribution >= 4 is 15.9 Å². The molecule has 3 rings (SSSR count). The van der Waals surface area contributed by atoms with Gasteiger partial charge < -0.3 is 14.8 Å². The number of methoxy groups -OCH3 is 1. The molecule has 0 aromatic heterocycles. The van der Waals surface area contributed by atoms with Crippen LogP contribution < -0.4 is 14.8 Å². The molecule has 0 radical (unpaired) electrons. The summed E-state index contributed by atoms with van der Waals surface area (Å²) in [4.78, 5) is 13.1. The molecule has 1 N–H and O–H groups in total. The molecule has 1 aliphatic rings. The summed E-state index contributed by atoms with van der Waals surface area (Å²) in [7, 11) is -2.17. The second kappa shape index (κ2) is 9.49. The highest BCUT2D eigenvalue weighted by atomic mass is 32.2. The summed E-state index contributed by atoms with van der Waals surface area (Å²) >= 11 is 0. The molecule has 2 aromatic carbocycles. The topological polar surface area (TPSA) is 84.9 Å². The van der Waals surface area contributed by atoms with Gasteiger partial charge in [-0.3, -0.25) is 4.79 Å². The monoisotopic (exact) mass is 432 g/mol. The molecule has 1 aliphatic heterocycles. The molecular formula is C22H28N2O5S. The lowest BCUT2D eigenvalue weighted by atomic mass is 10.1. The predicted molar refractivity (Wildman–Crippen MR) is 114 cm³/mol. The normalized spacial score (nSPS) is 15.6. The first-order chi connectivity index (χ1) is 14.4. The van der Waals surface area contributed by atoms with E-state index >= 15 is 0 Å². The van der Waals surface area contributed by atoms with Crippen LogP contribution in [0.2, 0.25) is 0 Å². The van der Waals surface area contributed by atoms with Crippen LogP contribution in [-0.4, -0.2) is 45.4 Å². The van der Waals surface area contributed by atoms with Gasteiger partial charge in [-0.05, 0) is 62.6 Å². The third-order valence-corrected chi connectivity index (χ3v) is 7.05. The van der Waals surface area contributed by atoms with Crippen molar-refractivity contribution in [2.24, 2.45) is 0 Å². The quantitative estimate of drug-likeness (QED) is 0.691. The molecular weight excluding hydrogens is 404 g/mol. The predicted octanol–water partition coefficient (Wildman–Crippen LogP) is 3.37. The summed E-state index contributed by atoms with van der Waals surface area (Å²) in [5.41, 5.74) is 1.10. The Hall–Kier alpha value is -2.58. The van der Waals surface area contributed by atoms with Crippen LogP contribution in [0.4, 0.5) is 0 Å². The smallest absolute Gasteiger partial charge is 0.255 e. The fraction of sp³-hybridized carbons (Fsp3) is 0.409. The number of nitrogens with one attached hydrogen (secondary N) is 1. The molecule has 30 heavy (non-hydrogen) atoms. The Morgan fingerprint density at radius 2 is 1.80 bits per heavy atom. The SMILES string of the molecule is CCOc1ccc([C@@H](C)NC(=O)c2cc(S(=O)(=O)N3CCCC3)ccc2OC)cc1. The van der Waals surface area contributed by atoms with Crippen LogP contribution in [-0.2, 0) is 10.0 Å². The molecule has 1 fully saturated rings. The fourth-order valence-corrected chi connectivity index (χ4v) is 5.02. The van der Waals surface area contributed by atoms with Gasteiger partial charge in [-0.15, -0.1) is 0 Å². The zero-order valence-electron chi connectivity index (χ0n) is 17.6. The Kier molecular flexibility index (Phi) is 6.99. The molecule has 7 nitrogen and oxygen atoms in total. The number of rotatable bonds is 8. The second-order valence-electron chi connectivity index (χ2n) is 7.17. The van der Waals surface area contributed by atoms with Crippen molar-refractivity contribution in [3.8, 4) is 11.5 Å². The van der Waals surface area contributed by atoms with Gasteiger partial charge in [0.05, 0.1) is 30.2 Å². The summed E-state index contributed by atoms with van der Waals surface area (Å²) in [5.74, 6) is 0.694. The Morgan fingerprint density at radius 3 is 2.40 bits per heavy atom. The van der Waals surface area contributed by atoms with Crippen molar-refractivity contribution in [2.75, 3.05) is 26.8 Å². The maximum atomic E-state index is 13.0. The van der Waals surface area contributed by atoms with Gasteiger partial charge in [0.1, 0.15) is 11.5 Å².